The highest BCUT2D eigenvalue weighted by atomic mass is 35.5. The number of imidazole rings is 1. The summed E-state index contributed by atoms with van der Waals surface area (Å²) in [6, 6.07) is 15.7. The average Bonchev–Trinajstić information content (AvgIpc) is 3.25. The summed E-state index contributed by atoms with van der Waals surface area (Å²) in [7, 11) is 3.99. The largest absolute Gasteiger partial charge is 0.378 e. The van der Waals surface area contributed by atoms with E-state index in [-0.39, 0.29) is 5.91 Å². The van der Waals surface area contributed by atoms with E-state index in [4.69, 9.17) is 11.6 Å². The Balaban J connectivity index is 1.45. The highest BCUT2D eigenvalue weighted by Gasteiger charge is 2.15. The molecule has 0 atom stereocenters. The van der Waals surface area contributed by atoms with Crippen LogP contribution >= 0.6 is 23.4 Å². The van der Waals surface area contributed by atoms with Crippen LogP contribution in [0.15, 0.2) is 71.5 Å². The SMILES string of the molecule is CN(C)c1ccc(NC(=O)CSc2ncc(-c3ccc(Cl)cc3)n2CCC2=CCCCC2)cc1. The molecule has 7 heteroatoms. The number of nitrogens with zero attached hydrogens (tertiary/aromatic N) is 3. The van der Waals surface area contributed by atoms with Gasteiger partial charge >= 0.3 is 0 Å². The molecule has 0 fully saturated rings. The summed E-state index contributed by atoms with van der Waals surface area (Å²) in [5.41, 5.74) is 5.54. The van der Waals surface area contributed by atoms with Crippen molar-refractivity contribution in [3.8, 4) is 11.3 Å². The molecule has 0 unspecified atom stereocenters. The van der Waals surface area contributed by atoms with Gasteiger partial charge in [-0.1, -0.05) is 47.1 Å². The number of hydrogen-bond donors (Lipinski definition) is 1. The number of thioether (sulfide) groups is 1. The van der Waals surface area contributed by atoms with E-state index >= 15 is 0 Å². The zero-order valence-corrected chi connectivity index (χ0v) is 21.3. The van der Waals surface area contributed by atoms with E-state index in [1.54, 1.807) is 0 Å². The molecule has 1 aliphatic carbocycles. The molecule has 0 radical (unpaired) electrons. The quantitative estimate of drug-likeness (QED) is 0.260. The molecule has 4 rings (SSSR count). The Kier molecular flexibility index (Phi) is 8.35. The Labute approximate surface area is 211 Å². The van der Waals surface area contributed by atoms with E-state index in [0.29, 0.717) is 10.8 Å². The van der Waals surface area contributed by atoms with Crippen LogP contribution in [-0.4, -0.2) is 35.3 Å². The first-order valence-corrected chi connectivity index (χ1v) is 13.1. The van der Waals surface area contributed by atoms with Gasteiger partial charge in [-0.3, -0.25) is 4.79 Å². The predicted molar refractivity (Wildman–Crippen MR) is 144 cm³/mol. The number of rotatable bonds is 9. The predicted octanol–water partition coefficient (Wildman–Crippen LogP) is 6.89. The van der Waals surface area contributed by atoms with Crippen molar-refractivity contribution in [2.45, 2.75) is 43.8 Å². The second-order valence-corrected chi connectivity index (χ2v) is 10.1. The molecular weight excluding hydrogens is 464 g/mol. The van der Waals surface area contributed by atoms with Crippen LogP contribution in [0.4, 0.5) is 11.4 Å². The van der Waals surface area contributed by atoms with Gasteiger partial charge in [0.15, 0.2) is 5.16 Å². The summed E-state index contributed by atoms with van der Waals surface area (Å²) >= 11 is 7.57. The molecule has 3 aromatic rings. The van der Waals surface area contributed by atoms with Gasteiger partial charge in [0.2, 0.25) is 5.91 Å². The molecule has 2 aromatic carbocycles. The van der Waals surface area contributed by atoms with Crippen LogP contribution in [0.2, 0.25) is 5.02 Å². The van der Waals surface area contributed by atoms with Gasteiger partial charge in [0.1, 0.15) is 0 Å². The number of amides is 1. The van der Waals surface area contributed by atoms with Gasteiger partial charge in [0.05, 0.1) is 17.6 Å². The van der Waals surface area contributed by atoms with Gasteiger partial charge in [-0.25, -0.2) is 4.98 Å². The third-order valence-electron chi connectivity index (χ3n) is 6.00. The van der Waals surface area contributed by atoms with Crippen molar-refractivity contribution in [1.29, 1.82) is 0 Å². The number of halogens is 1. The molecule has 1 aromatic heterocycles. The number of anilines is 2. The molecule has 0 bridgehead atoms. The van der Waals surface area contributed by atoms with E-state index in [0.717, 1.165) is 40.8 Å². The Morgan fingerprint density at radius 3 is 2.56 bits per heavy atom. The van der Waals surface area contributed by atoms with Crippen molar-refractivity contribution in [2.24, 2.45) is 0 Å². The highest BCUT2D eigenvalue weighted by Crippen LogP contribution is 2.29. The van der Waals surface area contributed by atoms with Crippen molar-refractivity contribution >= 4 is 40.6 Å². The zero-order chi connectivity index (χ0) is 23.9. The molecule has 178 valence electrons. The normalized spacial score (nSPS) is 13.4. The molecule has 34 heavy (non-hydrogen) atoms. The first-order chi connectivity index (χ1) is 16.5. The van der Waals surface area contributed by atoms with Crippen LogP contribution in [-0.2, 0) is 11.3 Å². The van der Waals surface area contributed by atoms with Gasteiger partial charge in [0.25, 0.3) is 0 Å². The summed E-state index contributed by atoms with van der Waals surface area (Å²) < 4.78 is 2.24. The van der Waals surface area contributed by atoms with Crippen molar-refractivity contribution in [1.82, 2.24) is 9.55 Å². The molecule has 0 spiro atoms. The second kappa shape index (κ2) is 11.6. The average molecular weight is 495 g/mol. The lowest BCUT2D eigenvalue weighted by atomic mass is 9.97. The molecule has 0 saturated carbocycles. The molecule has 0 saturated heterocycles. The molecular formula is C27H31ClN4OS. The highest BCUT2D eigenvalue weighted by molar-refractivity contribution is 7.99. The van der Waals surface area contributed by atoms with E-state index in [1.807, 2.05) is 73.7 Å². The minimum atomic E-state index is -0.0415. The van der Waals surface area contributed by atoms with Gasteiger partial charge in [-0.15, -0.1) is 0 Å². The number of hydrogen-bond acceptors (Lipinski definition) is 4. The number of nitrogens with one attached hydrogen (secondary N) is 1. The molecule has 1 aliphatic rings. The smallest absolute Gasteiger partial charge is 0.234 e. The summed E-state index contributed by atoms with van der Waals surface area (Å²) in [4.78, 5) is 19.3. The maximum absolute atomic E-state index is 12.6. The topological polar surface area (TPSA) is 50.2 Å². The van der Waals surface area contributed by atoms with E-state index in [9.17, 15) is 4.79 Å². The lowest BCUT2D eigenvalue weighted by molar-refractivity contribution is -0.113. The van der Waals surface area contributed by atoms with Crippen LogP contribution < -0.4 is 10.2 Å². The molecule has 5 nitrogen and oxygen atoms in total. The lowest BCUT2D eigenvalue weighted by Crippen LogP contribution is -2.15. The third-order valence-corrected chi connectivity index (χ3v) is 7.24. The minimum absolute atomic E-state index is 0.0415. The fraction of sp³-hybridized carbons (Fsp3) is 0.333. The van der Waals surface area contributed by atoms with Gasteiger partial charge in [0, 0.05) is 37.0 Å². The number of benzene rings is 2. The van der Waals surface area contributed by atoms with Gasteiger partial charge in [-0.2, -0.15) is 0 Å². The molecule has 1 amide bonds. The van der Waals surface area contributed by atoms with Crippen molar-refractivity contribution in [3.63, 3.8) is 0 Å². The summed E-state index contributed by atoms with van der Waals surface area (Å²) in [6.45, 7) is 0.847. The van der Waals surface area contributed by atoms with Crippen LogP contribution in [0, 0.1) is 0 Å². The Morgan fingerprint density at radius 2 is 1.88 bits per heavy atom. The van der Waals surface area contributed by atoms with Gasteiger partial charge in [-0.05, 0) is 74.1 Å². The first-order valence-electron chi connectivity index (χ1n) is 11.7. The molecule has 0 aliphatic heterocycles. The lowest BCUT2D eigenvalue weighted by Gasteiger charge is -2.16. The molecule has 1 N–H and O–H groups in total. The first kappa shape index (κ1) is 24.4. The molecule has 1 heterocycles. The van der Waals surface area contributed by atoms with Crippen LogP contribution in [0.1, 0.15) is 32.1 Å². The monoisotopic (exact) mass is 494 g/mol. The van der Waals surface area contributed by atoms with Crippen LogP contribution in [0.5, 0.6) is 0 Å². The third kappa shape index (κ3) is 6.45. The van der Waals surface area contributed by atoms with Crippen LogP contribution in [0.25, 0.3) is 11.3 Å². The van der Waals surface area contributed by atoms with E-state index in [1.165, 1.54) is 43.0 Å². The summed E-state index contributed by atoms with van der Waals surface area (Å²) in [5, 5.41) is 4.56. The number of carbonyl (C=O) groups excluding carboxylic acids is 1. The van der Waals surface area contributed by atoms with E-state index in [2.05, 4.69) is 20.9 Å². The van der Waals surface area contributed by atoms with Gasteiger partial charge < -0.3 is 14.8 Å². The van der Waals surface area contributed by atoms with Crippen molar-refractivity contribution < 1.29 is 4.79 Å². The number of aromatic nitrogens is 2. The Bertz CT molecular complexity index is 1140. The zero-order valence-electron chi connectivity index (χ0n) is 19.8. The standard InChI is InChI=1S/C27H31ClN4OS/c1-31(2)24-14-12-23(13-15-24)30-26(33)19-34-27-29-18-25(21-8-10-22(28)11-9-21)32(27)17-16-20-6-4-3-5-7-20/h6,8-15,18H,3-5,7,16-17,19H2,1-2H3,(H,30,33). The number of allylic oxidation sites excluding steroid dienone is 2. The Morgan fingerprint density at radius 1 is 1.12 bits per heavy atom. The second-order valence-electron chi connectivity index (χ2n) is 8.72. The number of carbonyl (C=O) groups is 1. The fourth-order valence-electron chi connectivity index (χ4n) is 4.10. The fourth-order valence-corrected chi connectivity index (χ4v) is 5.03. The maximum Gasteiger partial charge on any atom is 0.234 e. The Hall–Kier alpha value is -2.70. The summed E-state index contributed by atoms with van der Waals surface area (Å²) in [6.07, 6.45) is 10.2. The maximum atomic E-state index is 12.6. The minimum Gasteiger partial charge on any atom is -0.378 e. The van der Waals surface area contributed by atoms with Crippen LogP contribution in [0.3, 0.4) is 0 Å². The van der Waals surface area contributed by atoms with Crippen molar-refractivity contribution in [2.75, 3.05) is 30.1 Å². The van der Waals surface area contributed by atoms with Crippen molar-refractivity contribution in [3.05, 3.63) is 71.4 Å². The summed E-state index contributed by atoms with van der Waals surface area (Å²) in [5.74, 6) is 0.259. The van der Waals surface area contributed by atoms with E-state index < -0.39 is 0 Å².